The van der Waals surface area contributed by atoms with Crippen LogP contribution >= 0.6 is 0 Å². The van der Waals surface area contributed by atoms with Gasteiger partial charge >= 0.3 is 0 Å². The largest absolute Gasteiger partial charge is 0.331 e. The molecule has 0 aliphatic rings. The van der Waals surface area contributed by atoms with Crippen molar-refractivity contribution < 1.29 is 0 Å². The van der Waals surface area contributed by atoms with Gasteiger partial charge in [-0.05, 0) is 20.8 Å². The fourth-order valence-corrected chi connectivity index (χ4v) is 1.05. The standard InChI is InChI=1S/C8H11N3/c1-6(2)11-5-10-8(4-9)7(11)3/h5-6H,1-3H3. The number of nitrogens with zero attached hydrogens (tertiary/aromatic N) is 3. The quantitative estimate of drug-likeness (QED) is 0.609. The smallest absolute Gasteiger partial charge is 0.161 e. The highest BCUT2D eigenvalue weighted by Crippen LogP contribution is 2.10. The van der Waals surface area contributed by atoms with Gasteiger partial charge in [-0.1, -0.05) is 0 Å². The summed E-state index contributed by atoms with van der Waals surface area (Å²) in [6, 6.07) is 2.42. The normalized spacial score (nSPS) is 10.1. The lowest BCUT2D eigenvalue weighted by atomic mass is 10.3. The van der Waals surface area contributed by atoms with Gasteiger partial charge in [0, 0.05) is 6.04 Å². The Labute approximate surface area is 66.3 Å². The summed E-state index contributed by atoms with van der Waals surface area (Å²) >= 11 is 0. The Morgan fingerprint density at radius 1 is 1.64 bits per heavy atom. The predicted molar refractivity (Wildman–Crippen MR) is 42.1 cm³/mol. The van der Waals surface area contributed by atoms with Crippen molar-refractivity contribution in [3.05, 3.63) is 17.7 Å². The number of hydrogen-bond donors (Lipinski definition) is 0. The first-order chi connectivity index (χ1) is 5.16. The van der Waals surface area contributed by atoms with Gasteiger partial charge in [-0.2, -0.15) is 5.26 Å². The van der Waals surface area contributed by atoms with Gasteiger partial charge in [0.05, 0.1) is 12.0 Å². The summed E-state index contributed by atoms with van der Waals surface area (Å²) in [6.45, 7) is 6.04. The molecule has 0 radical (unpaired) electrons. The summed E-state index contributed by atoms with van der Waals surface area (Å²) < 4.78 is 1.98. The summed E-state index contributed by atoms with van der Waals surface area (Å²) in [4.78, 5) is 3.96. The van der Waals surface area contributed by atoms with Gasteiger partial charge in [0.15, 0.2) is 5.69 Å². The van der Waals surface area contributed by atoms with Crippen LogP contribution in [0.25, 0.3) is 0 Å². The van der Waals surface area contributed by atoms with E-state index in [4.69, 9.17) is 5.26 Å². The summed E-state index contributed by atoms with van der Waals surface area (Å²) in [7, 11) is 0. The number of imidazole rings is 1. The number of rotatable bonds is 1. The summed E-state index contributed by atoms with van der Waals surface area (Å²) in [5.41, 5.74) is 1.47. The molecule has 0 N–H and O–H groups in total. The lowest BCUT2D eigenvalue weighted by Crippen LogP contribution is -2.00. The molecule has 0 bridgehead atoms. The molecule has 0 aliphatic heterocycles. The molecule has 11 heavy (non-hydrogen) atoms. The van der Waals surface area contributed by atoms with E-state index in [0.717, 1.165) is 5.69 Å². The average molecular weight is 149 g/mol. The van der Waals surface area contributed by atoms with Crippen molar-refractivity contribution in [2.45, 2.75) is 26.8 Å². The summed E-state index contributed by atoms with van der Waals surface area (Å²) in [5, 5.41) is 8.59. The SMILES string of the molecule is Cc1c(C#N)ncn1C(C)C. The second-order valence-corrected chi connectivity index (χ2v) is 2.79. The van der Waals surface area contributed by atoms with Gasteiger partial charge in [0.2, 0.25) is 0 Å². The van der Waals surface area contributed by atoms with E-state index in [1.54, 1.807) is 6.33 Å². The lowest BCUT2D eigenvalue weighted by Gasteiger charge is -2.07. The van der Waals surface area contributed by atoms with Crippen LogP contribution in [0.15, 0.2) is 6.33 Å². The number of aromatic nitrogens is 2. The van der Waals surface area contributed by atoms with Crippen LogP contribution in [0.3, 0.4) is 0 Å². The van der Waals surface area contributed by atoms with E-state index < -0.39 is 0 Å². The molecular weight excluding hydrogens is 138 g/mol. The second-order valence-electron chi connectivity index (χ2n) is 2.79. The molecule has 0 saturated heterocycles. The van der Waals surface area contributed by atoms with Crippen molar-refractivity contribution >= 4 is 0 Å². The van der Waals surface area contributed by atoms with E-state index in [1.807, 2.05) is 17.6 Å². The van der Waals surface area contributed by atoms with Crippen molar-refractivity contribution in [2.24, 2.45) is 0 Å². The van der Waals surface area contributed by atoms with Crippen LogP contribution in [0.4, 0.5) is 0 Å². The van der Waals surface area contributed by atoms with Crippen molar-refractivity contribution in [2.75, 3.05) is 0 Å². The first-order valence-electron chi connectivity index (χ1n) is 3.60. The minimum atomic E-state index is 0.379. The van der Waals surface area contributed by atoms with E-state index >= 15 is 0 Å². The minimum absolute atomic E-state index is 0.379. The van der Waals surface area contributed by atoms with Gasteiger partial charge in [-0.25, -0.2) is 4.98 Å². The van der Waals surface area contributed by atoms with Crippen LogP contribution in [0.2, 0.25) is 0 Å². The molecule has 0 atom stereocenters. The van der Waals surface area contributed by atoms with Gasteiger partial charge in [-0.3, -0.25) is 0 Å². The highest BCUT2D eigenvalue weighted by molar-refractivity contribution is 5.25. The fourth-order valence-electron chi connectivity index (χ4n) is 1.05. The zero-order valence-corrected chi connectivity index (χ0v) is 7.00. The molecule has 1 heterocycles. The van der Waals surface area contributed by atoms with E-state index in [9.17, 15) is 0 Å². The Kier molecular flexibility index (Phi) is 1.95. The second kappa shape index (κ2) is 2.75. The third-order valence-electron chi connectivity index (χ3n) is 1.70. The molecule has 1 rings (SSSR count). The first-order valence-corrected chi connectivity index (χ1v) is 3.60. The monoisotopic (exact) mass is 149 g/mol. The third-order valence-corrected chi connectivity index (χ3v) is 1.70. The molecule has 1 aromatic rings. The molecule has 0 unspecified atom stereocenters. The van der Waals surface area contributed by atoms with Crippen molar-refractivity contribution in [3.8, 4) is 6.07 Å². The van der Waals surface area contributed by atoms with Crippen LogP contribution in [0.5, 0.6) is 0 Å². The van der Waals surface area contributed by atoms with Gasteiger partial charge in [0.1, 0.15) is 6.07 Å². The van der Waals surface area contributed by atoms with Crippen LogP contribution < -0.4 is 0 Å². The highest BCUT2D eigenvalue weighted by atomic mass is 15.1. The van der Waals surface area contributed by atoms with Crippen molar-refractivity contribution in [1.29, 1.82) is 5.26 Å². The Morgan fingerprint density at radius 2 is 2.27 bits per heavy atom. The van der Waals surface area contributed by atoms with Crippen molar-refractivity contribution in [3.63, 3.8) is 0 Å². The lowest BCUT2D eigenvalue weighted by molar-refractivity contribution is 0.585. The minimum Gasteiger partial charge on any atom is -0.331 e. The molecular formula is C8H11N3. The molecule has 1 aromatic heterocycles. The Balaban J connectivity index is 3.13. The Morgan fingerprint density at radius 3 is 2.55 bits per heavy atom. The van der Waals surface area contributed by atoms with Crippen LogP contribution in [-0.4, -0.2) is 9.55 Å². The van der Waals surface area contributed by atoms with E-state index in [2.05, 4.69) is 18.8 Å². The van der Waals surface area contributed by atoms with Gasteiger partial charge in [0.25, 0.3) is 0 Å². The highest BCUT2D eigenvalue weighted by Gasteiger charge is 2.06. The van der Waals surface area contributed by atoms with E-state index in [0.29, 0.717) is 11.7 Å². The van der Waals surface area contributed by atoms with Crippen molar-refractivity contribution in [1.82, 2.24) is 9.55 Å². The molecule has 0 saturated carbocycles. The molecule has 0 fully saturated rings. The van der Waals surface area contributed by atoms with E-state index in [-0.39, 0.29) is 0 Å². The molecule has 0 aromatic carbocycles. The summed E-state index contributed by atoms with van der Waals surface area (Å²) in [5.74, 6) is 0. The molecule has 3 heteroatoms. The zero-order valence-electron chi connectivity index (χ0n) is 7.00. The Bertz CT molecular complexity index is 291. The predicted octanol–water partition coefficient (Wildman–Crippen LogP) is 1.64. The van der Waals surface area contributed by atoms with E-state index in [1.165, 1.54) is 0 Å². The third kappa shape index (κ3) is 1.25. The van der Waals surface area contributed by atoms with Gasteiger partial charge < -0.3 is 4.57 Å². The van der Waals surface area contributed by atoms with Gasteiger partial charge in [-0.15, -0.1) is 0 Å². The number of hydrogen-bond acceptors (Lipinski definition) is 2. The molecule has 58 valence electrons. The Hall–Kier alpha value is -1.30. The molecule has 3 nitrogen and oxygen atoms in total. The maximum absolute atomic E-state index is 8.59. The fraction of sp³-hybridized carbons (Fsp3) is 0.500. The topological polar surface area (TPSA) is 41.6 Å². The summed E-state index contributed by atoms with van der Waals surface area (Å²) in [6.07, 6.45) is 1.71. The number of nitriles is 1. The molecule has 0 aliphatic carbocycles. The maximum Gasteiger partial charge on any atom is 0.161 e. The zero-order chi connectivity index (χ0) is 8.43. The maximum atomic E-state index is 8.59. The average Bonchev–Trinajstić information content (AvgIpc) is 2.30. The van der Waals surface area contributed by atoms with Crippen LogP contribution in [0.1, 0.15) is 31.3 Å². The molecule has 0 spiro atoms. The molecule has 0 amide bonds. The van der Waals surface area contributed by atoms with Crippen LogP contribution in [0, 0.1) is 18.3 Å². The first kappa shape index (κ1) is 7.80. The van der Waals surface area contributed by atoms with Crippen LogP contribution in [-0.2, 0) is 0 Å².